The van der Waals surface area contributed by atoms with Gasteiger partial charge in [0.15, 0.2) is 0 Å². The van der Waals surface area contributed by atoms with E-state index in [0.29, 0.717) is 0 Å². The summed E-state index contributed by atoms with van der Waals surface area (Å²) in [5.74, 6) is -0.542. The van der Waals surface area contributed by atoms with Crippen LogP contribution in [-0.4, -0.2) is 58.5 Å². The van der Waals surface area contributed by atoms with Crippen LogP contribution < -0.4 is 5.32 Å². The maximum absolute atomic E-state index is 13.3. The second kappa shape index (κ2) is 4.84. The number of alkyl halides is 1. The molecule has 7 heteroatoms. The third-order valence-corrected chi connectivity index (χ3v) is 2.24. The molecule has 15 heavy (non-hydrogen) atoms. The molecule has 0 aromatic carbocycles. The van der Waals surface area contributed by atoms with E-state index < -0.39 is 43.2 Å². The highest BCUT2D eigenvalue weighted by Crippen LogP contribution is 2.21. The molecule has 6 nitrogen and oxygen atoms in total. The molecule has 5 atom stereocenters. The van der Waals surface area contributed by atoms with Gasteiger partial charge in [-0.2, -0.15) is 0 Å². The van der Waals surface area contributed by atoms with Gasteiger partial charge in [-0.05, 0) is 0 Å². The number of hydrogen-bond donors (Lipinski definition) is 4. The Bertz CT molecular complexity index is 239. The number of carbonyl (C=O) groups is 1. The molecule has 0 saturated carbocycles. The first-order valence-corrected chi connectivity index (χ1v) is 4.51. The van der Waals surface area contributed by atoms with Crippen LogP contribution in [0.3, 0.4) is 0 Å². The number of amides is 1. The van der Waals surface area contributed by atoms with Crippen LogP contribution in [0.4, 0.5) is 4.39 Å². The van der Waals surface area contributed by atoms with Crippen molar-refractivity contribution in [3.05, 3.63) is 0 Å². The third kappa shape index (κ3) is 2.63. The van der Waals surface area contributed by atoms with Gasteiger partial charge in [0, 0.05) is 6.92 Å². The van der Waals surface area contributed by atoms with Crippen LogP contribution in [0.2, 0.25) is 0 Å². The number of carbonyl (C=O) groups excluding carboxylic acids is 1. The van der Waals surface area contributed by atoms with Gasteiger partial charge in [-0.1, -0.05) is 0 Å². The van der Waals surface area contributed by atoms with Gasteiger partial charge in [-0.15, -0.1) is 0 Å². The van der Waals surface area contributed by atoms with Crippen LogP contribution in [0.1, 0.15) is 6.92 Å². The maximum atomic E-state index is 13.3. The van der Waals surface area contributed by atoms with Crippen molar-refractivity contribution in [3.63, 3.8) is 0 Å². The van der Waals surface area contributed by atoms with Gasteiger partial charge >= 0.3 is 0 Å². The molecule has 1 heterocycles. The zero-order valence-electron chi connectivity index (χ0n) is 8.13. The molecule has 1 rings (SSSR count). The van der Waals surface area contributed by atoms with Crippen molar-refractivity contribution in [2.75, 3.05) is 6.61 Å². The van der Waals surface area contributed by atoms with Gasteiger partial charge in [0.1, 0.15) is 24.4 Å². The average Bonchev–Trinajstić information content (AvgIpc) is 2.18. The predicted octanol–water partition coefficient (Wildman–Crippen LogP) is -2.10. The van der Waals surface area contributed by atoms with Gasteiger partial charge in [-0.3, -0.25) is 4.79 Å². The van der Waals surface area contributed by atoms with E-state index in [1.165, 1.54) is 0 Å². The van der Waals surface area contributed by atoms with Crippen LogP contribution in [0, 0.1) is 0 Å². The van der Waals surface area contributed by atoms with Crippen molar-refractivity contribution in [3.8, 4) is 0 Å². The van der Waals surface area contributed by atoms with Crippen LogP contribution in [0.15, 0.2) is 0 Å². The first-order valence-electron chi connectivity index (χ1n) is 4.51. The summed E-state index contributed by atoms with van der Waals surface area (Å²) in [5.41, 5.74) is 0. The average molecular weight is 223 g/mol. The minimum absolute atomic E-state index is 0.542. The Labute approximate surface area is 85.7 Å². The Balaban J connectivity index is 2.70. The van der Waals surface area contributed by atoms with E-state index in [1.54, 1.807) is 0 Å². The van der Waals surface area contributed by atoms with E-state index in [4.69, 9.17) is 5.11 Å². The number of hydrogen-bond acceptors (Lipinski definition) is 5. The van der Waals surface area contributed by atoms with E-state index in [0.717, 1.165) is 6.92 Å². The van der Waals surface area contributed by atoms with Crippen LogP contribution in [0.5, 0.6) is 0 Å². The maximum Gasteiger partial charge on any atom is 0.222 e. The number of nitrogens with one attached hydrogen (secondary N) is 1. The molecule has 1 aliphatic rings. The van der Waals surface area contributed by atoms with E-state index in [1.807, 2.05) is 0 Å². The lowest BCUT2D eigenvalue weighted by molar-refractivity contribution is -0.228. The molecule has 1 amide bonds. The smallest absolute Gasteiger partial charge is 0.222 e. The van der Waals surface area contributed by atoms with E-state index in [2.05, 4.69) is 10.1 Å². The zero-order chi connectivity index (χ0) is 11.6. The van der Waals surface area contributed by atoms with Crippen LogP contribution >= 0.6 is 0 Å². The van der Waals surface area contributed by atoms with Gasteiger partial charge in [0.25, 0.3) is 0 Å². The number of halogens is 1. The molecular formula is C8H14FNO5. The SMILES string of the molecule is CC(=O)N[C@@H]1[C@@H](O)[C@H](O)[C@@H](CO)O[C@@H]1F. The van der Waals surface area contributed by atoms with E-state index >= 15 is 0 Å². The second-order valence-electron chi connectivity index (χ2n) is 3.42. The van der Waals surface area contributed by atoms with Gasteiger partial charge < -0.3 is 25.4 Å². The standard InChI is InChI=1S/C8H14FNO5/c1-3(12)10-5-7(14)6(13)4(2-11)15-8(5)9/h4-8,11,13-14H,2H2,1H3,(H,10,12)/t4-,5-,6-,7-,8+/m1/s1. The molecule has 0 aromatic rings. The number of ether oxygens (including phenoxy) is 1. The normalized spacial score (nSPS) is 41.3. The highest BCUT2D eigenvalue weighted by molar-refractivity contribution is 5.73. The molecule has 0 spiro atoms. The molecule has 0 aromatic heterocycles. The van der Waals surface area contributed by atoms with Crippen molar-refractivity contribution in [1.29, 1.82) is 0 Å². The number of aliphatic hydroxyl groups is 3. The van der Waals surface area contributed by atoms with Gasteiger partial charge in [0.2, 0.25) is 12.3 Å². The molecule has 0 unspecified atom stereocenters. The fourth-order valence-corrected chi connectivity index (χ4v) is 1.46. The Morgan fingerprint density at radius 1 is 1.47 bits per heavy atom. The minimum atomic E-state index is -1.95. The molecule has 1 fully saturated rings. The summed E-state index contributed by atoms with van der Waals surface area (Å²) < 4.78 is 17.8. The fourth-order valence-electron chi connectivity index (χ4n) is 1.46. The number of aliphatic hydroxyl groups excluding tert-OH is 3. The number of rotatable bonds is 2. The summed E-state index contributed by atoms with van der Waals surface area (Å²) in [5, 5.41) is 29.7. The lowest BCUT2D eigenvalue weighted by Gasteiger charge is -2.39. The first-order chi connectivity index (χ1) is 6.97. The van der Waals surface area contributed by atoms with Gasteiger partial charge in [-0.25, -0.2) is 4.39 Å². The summed E-state index contributed by atoms with van der Waals surface area (Å²) in [6.45, 7) is 0.551. The van der Waals surface area contributed by atoms with Gasteiger partial charge in [0.05, 0.1) is 6.61 Å². The molecule has 0 bridgehead atoms. The van der Waals surface area contributed by atoms with E-state index in [9.17, 15) is 19.4 Å². The van der Waals surface area contributed by atoms with Crippen molar-refractivity contribution in [2.24, 2.45) is 0 Å². The van der Waals surface area contributed by atoms with Crippen LogP contribution in [0.25, 0.3) is 0 Å². The fraction of sp³-hybridized carbons (Fsp3) is 0.875. The van der Waals surface area contributed by atoms with Crippen molar-refractivity contribution in [2.45, 2.75) is 37.6 Å². The third-order valence-electron chi connectivity index (χ3n) is 2.24. The minimum Gasteiger partial charge on any atom is -0.394 e. The quantitative estimate of drug-likeness (QED) is 0.430. The molecule has 4 N–H and O–H groups in total. The van der Waals surface area contributed by atoms with Crippen LogP contribution in [-0.2, 0) is 9.53 Å². The first kappa shape index (κ1) is 12.3. The lowest BCUT2D eigenvalue weighted by Crippen LogP contribution is -2.62. The molecule has 88 valence electrons. The molecular weight excluding hydrogens is 209 g/mol. The zero-order valence-corrected chi connectivity index (χ0v) is 8.13. The Morgan fingerprint density at radius 3 is 2.53 bits per heavy atom. The molecule has 0 aliphatic carbocycles. The Hall–Kier alpha value is -0.760. The monoisotopic (exact) mass is 223 g/mol. The summed E-state index contributed by atoms with van der Waals surface area (Å²) >= 11 is 0. The van der Waals surface area contributed by atoms with Crippen molar-refractivity contribution >= 4 is 5.91 Å². The highest BCUT2D eigenvalue weighted by Gasteiger charge is 2.44. The van der Waals surface area contributed by atoms with E-state index in [-0.39, 0.29) is 0 Å². The summed E-state index contributed by atoms with van der Waals surface area (Å²) in [4.78, 5) is 10.7. The summed E-state index contributed by atoms with van der Waals surface area (Å²) in [6.07, 6.45) is -6.07. The molecule has 1 saturated heterocycles. The largest absolute Gasteiger partial charge is 0.394 e. The Kier molecular flexibility index (Phi) is 3.97. The van der Waals surface area contributed by atoms with Crippen molar-refractivity contribution < 1.29 is 29.2 Å². The van der Waals surface area contributed by atoms with Crippen molar-refractivity contribution in [1.82, 2.24) is 5.32 Å². The summed E-state index contributed by atoms with van der Waals surface area (Å²) in [6, 6.07) is -1.32. The topological polar surface area (TPSA) is 99.0 Å². The second-order valence-corrected chi connectivity index (χ2v) is 3.42. The lowest BCUT2D eigenvalue weighted by atomic mass is 9.97. The predicted molar refractivity (Wildman–Crippen MR) is 46.5 cm³/mol. The molecule has 0 radical (unpaired) electrons. The Morgan fingerprint density at radius 2 is 2.07 bits per heavy atom. The highest BCUT2D eigenvalue weighted by atomic mass is 19.1. The summed E-state index contributed by atoms with van der Waals surface area (Å²) in [7, 11) is 0. The molecule has 1 aliphatic heterocycles.